The van der Waals surface area contributed by atoms with E-state index >= 15 is 0 Å². The van der Waals surface area contributed by atoms with E-state index in [9.17, 15) is 52.8 Å². The molecule has 0 spiro atoms. The normalized spacial score (nSPS) is 27.1. The number of benzene rings is 2. The van der Waals surface area contributed by atoms with Crippen molar-refractivity contribution in [1.82, 2.24) is 25.5 Å². The van der Waals surface area contributed by atoms with Gasteiger partial charge in [-0.1, -0.05) is 12.1 Å². The Morgan fingerprint density at radius 3 is 2.24 bits per heavy atom. The average Bonchev–Trinajstić information content (AvgIpc) is 3.51. The first kappa shape index (κ1) is 47.2. The summed E-state index contributed by atoms with van der Waals surface area (Å²) in [6.07, 6.45) is -13.9. The highest BCUT2D eigenvalue weighted by Crippen LogP contribution is 2.38. The van der Waals surface area contributed by atoms with E-state index in [4.69, 9.17) is 30.4 Å². The molecule has 3 fully saturated rings. The van der Waals surface area contributed by atoms with E-state index < -0.39 is 90.8 Å². The number of amides is 3. The Hall–Kier alpha value is -5.31. The first-order valence-electron chi connectivity index (χ1n) is 20.1. The number of aromatic amines is 1. The second kappa shape index (κ2) is 20.5. The largest absolute Gasteiger partial charge is 0.573 e. The molecule has 0 saturated carbocycles. The number of alkyl halides is 3. The molecule has 24 heteroatoms. The fourth-order valence-electron chi connectivity index (χ4n) is 7.63. The minimum absolute atomic E-state index is 0.0224. The molecule has 346 valence electrons. The number of nitrogens with two attached hydrogens (primary N) is 2. The Bertz CT molecular complexity index is 2110. The summed E-state index contributed by atoms with van der Waals surface area (Å²) in [5, 5.41) is 52.3. The van der Waals surface area contributed by atoms with E-state index in [-0.39, 0.29) is 44.5 Å². The van der Waals surface area contributed by atoms with Crippen LogP contribution in [0.1, 0.15) is 31.1 Å². The summed E-state index contributed by atoms with van der Waals surface area (Å²) < 4.78 is 65.3. The number of carbonyl (C=O) groups excluding carboxylic acids is 2. The molecule has 3 saturated heterocycles. The molecule has 3 amide bonds. The number of halogens is 3. The maximum atomic E-state index is 13.0. The van der Waals surface area contributed by atoms with E-state index in [1.807, 2.05) is 29.2 Å². The molecule has 2 unspecified atom stereocenters. The van der Waals surface area contributed by atoms with Gasteiger partial charge in [-0.2, -0.15) is 0 Å². The van der Waals surface area contributed by atoms with Crippen molar-refractivity contribution in [2.75, 3.05) is 44.2 Å². The van der Waals surface area contributed by atoms with Crippen LogP contribution in [0.3, 0.4) is 0 Å². The molecule has 3 aliphatic heterocycles. The Kier molecular flexibility index (Phi) is 15.3. The Labute approximate surface area is 357 Å². The van der Waals surface area contributed by atoms with Gasteiger partial charge in [0.15, 0.2) is 12.5 Å². The number of urea groups is 1. The highest BCUT2D eigenvalue weighted by atomic mass is 19.4. The molecule has 2 aromatic carbocycles. The Morgan fingerprint density at radius 1 is 0.937 bits per heavy atom. The minimum Gasteiger partial charge on any atom is -0.490 e. The second-order valence-electron chi connectivity index (χ2n) is 15.2. The van der Waals surface area contributed by atoms with Gasteiger partial charge in [-0.05, 0) is 54.9 Å². The molecular weight excluding hydrogens is 845 g/mol. The lowest BCUT2D eigenvalue weighted by Gasteiger charge is -2.50. The van der Waals surface area contributed by atoms with Gasteiger partial charge in [-0.25, -0.2) is 9.59 Å². The number of anilines is 1. The molecular formula is C39H51F3N8O13. The number of hydrogen-bond acceptors (Lipinski definition) is 16. The van der Waals surface area contributed by atoms with Crippen molar-refractivity contribution < 1.29 is 66.9 Å². The lowest BCUT2D eigenvalue weighted by atomic mass is 9.82. The van der Waals surface area contributed by atoms with Gasteiger partial charge in [0.2, 0.25) is 5.91 Å². The van der Waals surface area contributed by atoms with E-state index in [2.05, 4.69) is 25.6 Å². The summed E-state index contributed by atoms with van der Waals surface area (Å²) in [5.74, 6) is -0.961. The third-order valence-corrected chi connectivity index (χ3v) is 10.9. The zero-order chi connectivity index (χ0) is 45.5. The molecule has 3 aliphatic rings. The van der Waals surface area contributed by atoms with Crippen LogP contribution in [0.15, 0.2) is 70.4 Å². The fraction of sp³-hybridized carbons (Fsp3) is 0.538. The zero-order valence-electron chi connectivity index (χ0n) is 33.7. The number of ether oxygens (including phenoxy) is 5. The van der Waals surface area contributed by atoms with E-state index in [0.717, 1.165) is 28.1 Å². The number of aromatic nitrogens is 2. The number of aliphatic hydroxyl groups excluding tert-OH is 4. The number of hydrogen-bond donors (Lipinski definition) is 10. The van der Waals surface area contributed by atoms with E-state index in [1.165, 1.54) is 24.3 Å². The van der Waals surface area contributed by atoms with Crippen LogP contribution >= 0.6 is 0 Å². The third kappa shape index (κ3) is 11.6. The zero-order valence-corrected chi connectivity index (χ0v) is 33.7. The number of nitrogens with zero attached hydrogens (tertiary/aromatic N) is 2. The van der Waals surface area contributed by atoms with Gasteiger partial charge in [-0.15, -0.1) is 13.2 Å². The molecule has 0 aliphatic carbocycles. The van der Waals surface area contributed by atoms with Crippen LogP contribution in [0.25, 0.3) is 0 Å². The van der Waals surface area contributed by atoms with Crippen molar-refractivity contribution in [3.05, 3.63) is 87.2 Å². The molecule has 4 heterocycles. The molecule has 6 rings (SSSR count). The smallest absolute Gasteiger partial charge is 0.490 e. The van der Waals surface area contributed by atoms with Crippen LogP contribution in [0.5, 0.6) is 11.5 Å². The first-order chi connectivity index (χ1) is 30.0. The van der Waals surface area contributed by atoms with Crippen molar-refractivity contribution in [1.29, 1.82) is 0 Å². The van der Waals surface area contributed by atoms with Crippen LogP contribution in [0.2, 0.25) is 0 Å². The maximum Gasteiger partial charge on any atom is 0.573 e. The second-order valence-corrected chi connectivity index (χ2v) is 15.2. The van der Waals surface area contributed by atoms with Gasteiger partial charge in [0.1, 0.15) is 59.8 Å². The summed E-state index contributed by atoms with van der Waals surface area (Å²) in [7, 11) is 0. The average molecular weight is 897 g/mol. The molecule has 0 radical (unpaired) electrons. The van der Waals surface area contributed by atoms with E-state index in [0.29, 0.717) is 31.7 Å². The first-order valence-corrected chi connectivity index (χ1v) is 20.1. The van der Waals surface area contributed by atoms with Gasteiger partial charge in [-0.3, -0.25) is 19.1 Å². The number of rotatable bonds is 17. The molecule has 1 aromatic heterocycles. The monoisotopic (exact) mass is 896 g/mol. The summed E-state index contributed by atoms with van der Waals surface area (Å²) in [5.41, 5.74) is 9.22. The van der Waals surface area contributed by atoms with Crippen LogP contribution in [-0.2, 0) is 25.5 Å². The van der Waals surface area contributed by atoms with Crippen LogP contribution in [-0.4, -0.2) is 142 Å². The lowest BCUT2D eigenvalue weighted by molar-refractivity contribution is -0.321. The van der Waals surface area contributed by atoms with Gasteiger partial charge in [0, 0.05) is 63.5 Å². The molecule has 9 atom stereocenters. The summed E-state index contributed by atoms with van der Waals surface area (Å²) >= 11 is 0. The quantitative estimate of drug-likeness (QED) is 0.0671. The van der Waals surface area contributed by atoms with Crippen molar-refractivity contribution in [3.8, 4) is 11.5 Å². The Morgan fingerprint density at radius 2 is 1.62 bits per heavy atom. The number of nitrogens with one attached hydrogen (secondary N) is 4. The number of piperidine rings is 1. The lowest BCUT2D eigenvalue weighted by Crippen LogP contribution is -2.73. The number of primary amides is 1. The van der Waals surface area contributed by atoms with Crippen LogP contribution < -0.4 is 53.0 Å². The van der Waals surface area contributed by atoms with Crippen molar-refractivity contribution in [2.45, 2.75) is 93.0 Å². The standard InChI is InChI=1S/C39H51F3N8O13/c40-39(41,42)62-25-8-6-23(7-9-25)60-24-10-15-49(16-11-24)22-4-2-21(3-5-22)19-47-36(57)46-14-1-13-45-31(33(44)56)38(63-35-29(53)28(52)26(18-43)61-35)20-59-34(30(54)32(38)55)50-17-12-27(51)48-37(50)58/h2-9,12,17,24,26,28-32,34-35,45,52-55H,1,10-11,13-16,18-20,43H2,(H2,44,56)(H2,46,47,57)(H,48,51,58)/t26-,28-,29-,30?,31-,32?,34-,35+,38-/m1/s1. The van der Waals surface area contributed by atoms with Gasteiger partial charge in [0.25, 0.3) is 5.56 Å². The molecule has 3 aromatic rings. The highest BCUT2D eigenvalue weighted by Gasteiger charge is 2.60. The third-order valence-electron chi connectivity index (χ3n) is 10.9. The number of aliphatic hydroxyl groups is 4. The Balaban J connectivity index is 0.969. The predicted molar refractivity (Wildman–Crippen MR) is 213 cm³/mol. The summed E-state index contributed by atoms with van der Waals surface area (Å²) in [4.78, 5) is 54.0. The van der Waals surface area contributed by atoms with Crippen molar-refractivity contribution in [3.63, 3.8) is 0 Å². The molecule has 21 nitrogen and oxygen atoms in total. The molecule has 0 bridgehead atoms. The molecule has 63 heavy (non-hydrogen) atoms. The summed E-state index contributed by atoms with van der Waals surface area (Å²) in [6, 6.07) is 11.7. The van der Waals surface area contributed by atoms with Crippen LogP contribution in [0, 0.1) is 0 Å². The fourth-order valence-corrected chi connectivity index (χ4v) is 7.63. The van der Waals surface area contributed by atoms with E-state index in [1.54, 1.807) is 0 Å². The van der Waals surface area contributed by atoms with Gasteiger partial charge < -0.3 is 76.4 Å². The molecule has 12 N–H and O–H groups in total. The van der Waals surface area contributed by atoms with Crippen LogP contribution in [0.4, 0.5) is 23.7 Å². The number of H-pyrrole nitrogens is 1. The van der Waals surface area contributed by atoms with Crippen molar-refractivity contribution >= 4 is 17.6 Å². The topological polar surface area (TPSA) is 307 Å². The predicted octanol–water partition coefficient (Wildman–Crippen LogP) is -1.77. The summed E-state index contributed by atoms with van der Waals surface area (Å²) in [6.45, 7) is 0.702. The minimum atomic E-state index is -4.77. The van der Waals surface area contributed by atoms with Gasteiger partial charge >= 0.3 is 18.1 Å². The van der Waals surface area contributed by atoms with Gasteiger partial charge in [0.05, 0.1) is 6.61 Å². The van der Waals surface area contributed by atoms with Crippen molar-refractivity contribution in [2.24, 2.45) is 11.5 Å². The number of carbonyl (C=O) groups is 2. The highest BCUT2D eigenvalue weighted by molar-refractivity contribution is 5.81. The maximum absolute atomic E-state index is 13.0. The SMILES string of the molecule is NC[C@H]1O[C@@H](O[C@@]2([C@H](NCCCNC(=O)NCc3ccc(N4CCC(Oc5ccc(OC(F)(F)F)cc5)CC4)cc3)C(N)=O)CO[C@@H](n3ccc(=O)[nH]c3=O)C(O)C2O)[C@H](O)[C@@H]1O.